The van der Waals surface area contributed by atoms with Crippen molar-refractivity contribution < 1.29 is 14.6 Å². The van der Waals surface area contributed by atoms with Crippen molar-refractivity contribution in [2.24, 2.45) is 17.3 Å². The van der Waals surface area contributed by atoms with E-state index in [0.29, 0.717) is 23.5 Å². The van der Waals surface area contributed by atoms with Gasteiger partial charge in [-0.05, 0) is 97.7 Å². The third kappa shape index (κ3) is 4.06. The number of aromatic hydroxyl groups is 1. The molecule has 0 unspecified atom stereocenters. The highest BCUT2D eigenvalue weighted by Gasteiger charge is 2.56. The molecule has 5 heteroatoms. The number of nitrogens with zero attached hydrogens (tertiary/aromatic N) is 2. The number of ether oxygens (including phenoxy) is 1. The second-order valence-electron chi connectivity index (χ2n) is 12.2. The number of aryl methyl sites for hydroxylation is 1. The number of rotatable bonds is 4. The zero-order chi connectivity index (χ0) is 27.4. The molecule has 1 N–H and O–H groups in total. The van der Waals surface area contributed by atoms with Gasteiger partial charge in [0.25, 0.3) is 0 Å². The van der Waals surface area contributed by atoms with Crippen LogP contribution in [0.25, 0.3) is 28.2 Å². The van der Waals surface area contributed by atoms with Gasteiger partial charge in [-0.1, -0.05) is 55.5 Å². The molecule has 4 aromatic rings. The summed E-state index contributed by atoms with van der Waals surface area (Å²) in [6.07, 6.45) is 6.37. The summed E-state index contributed by atoms with van der Waals surface area (Å²) in [6, 6.07) is 26.7. The lowest BCUT2D eigenvalue weighted by Crippen LogP contribution is -2.45. The van der Waals surface area contributed by atoms with Crippen LogP contribution in [0.15, 0.2) is 78.9 Å². The van der Waals surface area contributed by atoms with Crippen molar-refractivity contribution in [3.8, 4) is 34.0 Å². The first-order valence-electron chi connectivity index (χ1n) is 14.7. The van der Waals surface area contributed by atoms with E-state index in [0.717, 1.165) is 66.7 Å². The summed E-state index contributed by atoms with van der Waals surface area (Å²) in [7, 11) is 0. The van der Waals surface area contributed by atoms with Crippen LogP contribution in [0.2, 0.25) is 0 Å². The summed E-state index contributed by atoms with van der Waals surface area (Å²) in [6.45, 7) is 3.90. The van der Waals surface area contributed by atoms with E-state index in [1.54, 1.807) is 0 Å². The number of aromatic nitrogens is 2. The van der Waals surface area contributed by atoms with Gasteiger partial charge in [0.1, 0.15) is 11.9 Å². The van der Waals surface area contributed by atoms with E-state index in [2.05, 4.69) is 43.3 Å². The van der Waals surface area contributed by atoms with E-state index in [4.69, 9.17) is 9.84 Å². The Morgan fingerprint density at radius 2 is 1.73 bits per heavy atom. The largest absolute Gasteiger partial charge is 0.507 e. The van der Waals surface area contributed by atoms with Gasteiger partial charge < -0.3 is 9.84 Å². The Morgan fingerprint density at radius 3 is 2.48 bits per heavy atom. The summed E-state index contributed by atoms with van der Waals surface area (Å²) in [5.41, 5.74) is 7.32. The molecule has 5 atom stereocenters. The van der Waals surface area contributed by atoms with Gasteiger partial charge in [0.05, 0.1) is 17.1 Å². The van der Waals surface area contributed by atoms with Gasteiger partial charge in [-0.25, -0.2) is 4.68 Å². The Balaban J connectivity index is 1.30. The molecule has 7 rings (SSSR count). The van der Waals surface area contributed by atoms with E-state index in [1.165, 1.54) is 18.1 Å². The molecule has 2 saturated carbocycles. The fraction of sp³-hybridized carbons (Fsp3) is 0.371. The molecule has 0 spiro atoms. The molecule has 204 valence electrons. The number of benzene rings is 3. The fourth-order valence-electron chi connectivity index (χ4n) is 8.25. The average Bonchev–Trinajstić information content (AvgIpc) is 3.55. The number of hydrogen-bond donors (Lipinski definition) is 1. The van der Waals surface area contributed by atoms with Gasteiger partial charge in [0.2, 0.25) is 0 Å². The molecule has 3 aliphatic rings. The summed E-state index contributed by atoms with van der Waals surface area (Å²) >= 11 is 0. The van der Waals surface area contributed by atoms with Gasteiger partial charge >= 0.3 is 5.97 Å². The average molecular weight is 533 g/mol. The Kier molecular flexibility index (Phi) is 6.06. The molecule has 0 radical (unpaired) electrons. The molecule has 3 aromatic carbocycles. The summed E-state index contributed by atoms with van der Waals surface area (Å²) in [5.74, 6) is 1.74. The molecule has 3 aliphatic carbocycles. The van der Waals surface area contributed by atoms with E-state index < -0.39 is 0 Å². The normalized spacial score (nSPS) is 26.9. The van der Waals surface area contributed by atoms with E-state index in [-0.39, 0.29) is 17.5 Å². The molecule has 40 heavy (non-hydrogen) atoms. The smallest absolute Gasteiger partial charge is 0.302 e. The second-order valence-corrected chi connectivity index (χ2v) is 12.2. The van der Waals surface area contributed by atoms with Crippen molar-refractivity contribution in [1.29, 1.82) is 0 Å². The Hall–Kier alpha value is -3.86. The van der Waals surface area contributed by atoms with E-state index >= 15 is 0 Å². The van der Waals surface area contributed by atoms with Crippen molar-refractivity contribution in [2.45, 2.75) is 64.4 Å². The van der Waals surface area contributed by atoms with Crippen LogP contribution in [-0.2, 0) is 16.0 Å². The van der Waals surface area contributed by atoms with Crippen molar-refractivity contribution in [3.05, 3.63) is 90.0 Å². The third-order valence-corrected chi connectivity index (χ3v) is 10.1. The molecular weight excluding hydrogens is 496 g/mol. The molecular formula is C35H36N2O3. The predicted molar refractivity (Wildman–Crippen MR) is 156 cm³/mol. The van der Waals surface area contributed by atoms with Crippen molar-refractivity contribution in [2.75, 3.05) is 0 Å². The number of phenols is 1. The minimum absolute atomic E-state index is 0.0318. The molecule has 1 heterocycles. The highest BCUT2D eigenvalue weighted by molar-refractivity contribution is 5.75. The summed E-state index contributed by atoms with van der Waals surface area (Å²) in [5, 5.41) is 16.4. The molecule has 2 fully saturated rings. The highest BCUT2D eigenvalue weighted by Crippen LogP contribution is 2.62. The second kappa shape index (κ2) is 9.65. The highest BCUT2D eigenvalue weighted by atomic mass is 16.5. The molecule has 5 nitrogen and oxygen atoms in total. The number of para-hydroxylation sites is 1. The number of carbonyl (C=O) groups excluding carboxylic acids is 1. The summed E-state index contributed by atoms with van der Waals surface area (Å²) < 4.78 is 7.80. The first-order valence-corrected chi connectivity index (χ1v) is 14.7. The molecule has 0 aliphatic heterocycles. The SMILES string of the molecule is CC(=O)O[C@H]1CC[C@H]2[C@@H]3CCc4cc(O)c(-c5cc(-c6ccccc6)nn5-c5ccccc5)cc4[C@H]3CC[C@]12C. The lowest BCUT2D eigenvalue weighted by atomic mass is 9.55. The van der Waals surface area contributed by atoms with E-state index in [1.807, 2.05) is 47.1 Å². The van der Waals surface area contributed by atoms with Crippen molar-refractivity contribution in [3.63, 3.8) is 0 Å². The standard InChI is InChI=1S/C35H36N2O3/c1-22(38)40-34-16-15-30-27-14-13-24-19-33(39)29(20-28(24)26(27)17-18-35(30,34)2)32-21-31(23-9-5-3-6-10-23)36-37(32)25-11-7-4-8-12-25/h3-12,19-21,26-27,30,34,39H,13-18H2,1-2H3/t26-,27+,30-,34-,35-/m0/s1. The van der Waals surface area contributed by atoms with Gasteiger partial charge in [0, 0.05) is 23.5 Å². The monoisotopic (exact) mass is 532 g/mol. The van der Waals surface area contributed by atoms with Crippen LogP contribution in [0.3, 0.4) is 0 Å². The minimum atomic E-state index is -0.159. The Labute approximate surface area is 235 Å². The third-order valence-electron chi connectivity index (χ3n) is 10.1. The van der Waals surface area contributed by atoms with Crippen LogP contribution in [0, 0.1) is 17.3 Å². The van der Waals surface area contributed by atoms with Crippen LogP contribution in [0.4, 0.5) is 0 Å². The number of fused-ring (bicyclic) bond motifs is 5. The lowest BCUT2D eigenvalue weighted by Gasteiger charge is -2.50. The summed E-state index contributed by atoms with van der Waals surface area (Å²) in [4.78, 5) is 11.8. The van der Waals surface area contributed by atoms with Crippen LogP contribution >= 0.6 is 0 Å². The molecule has 0 saturated heterocycles. The van der Waals surface area contributed by atoms with Crippen LogP contribution in [0.5, 0.6) is 5.75 Å². The maximum atomic E-state index is 11.8. The lowest BCUT2D eigenvalue weighted by molar-refractivity contribution is -0.154. The van der Waals surface area contributed by atoms with Crippen LogP contribution in [0.1, 0.15) is 63.0 Å². The maximum Gasteiger partial charge on any atom is 0.302 e. The quantitative estimate of drug-likeness (QED) is 0.274. The minimum Gasteiger partial charge on any atom is -0.507 e. The van der Waals surface area contributed by atoms with Crippen LogP contribution < -0.4 is 0 Å². The number of hydrogen-bond acceptors (Lipinski definition) is 4. The van der Waals surface area contributed by atoms with Gasteiger partial charge in [0.15, 0.2) is 0 Å². The predicted octanol–water partition coefficient (Wildman–Crippen LogP) is 7.70. The zero-order valence-corrected chi connectivity index (χ0v) is 23.2. The first kappa shape index (κ1) is 25.1. The number of esters is 1. The van der Waals surface area contributed by atoms with Gasteiger partial charge in [-0.15, -0.1) is 0 Å². The van der Waals surface area contributed by atoms with Gasteiger partial charge in [-0.3, -0.25) is 4.79 Å². The van der Waals surface area contributed by atoms with Crippen molar-refractivity contribution >= 4 is 5.97 Å². The topological polar surface area (TPSA) is 64.3 Å². The van der Waals surface area contributed by atoms with Gasteiger partial charge in [-0.2, -0.15) is 5.10 Å². The Morgan fingerprint density at radius 1 is 0.975 bits per heavy atom. The number of phenolic OH excluding ortho intramolecular Hbond substituents is 1. The van der Waals surface area contributed by atoms with Crippen molar-refractivity contribution in [1.82, 2.24) is 9.78 Å². The van der Waals surface area contributed by atoms with Crippen LogP contribution in [-0.4, -0.2) is 27.0 Å². The molecule has 1 aromatic heterocycles. The zero-order valence-electron chi connectivity index (χ0n) is 23.2. The Bertz CT molecular complexity index is 1560. The molecule has 0 bridgehead atoms. The maximum absolute atomic E-state index is 11.8. The fourth-order valence-corrected chi connectivity index (χ4v) is 8.25. The number of carbonyl (C=O) groups is 1. The molecule has 0 amide bonds. The first-order chi connectivity index (χ1) is 19.4. The van der Waals surface area contributed by atoms with E-state index in [9.17, 15) is 9.90 Å².